The van der Waals surface area contributed by atoms with Crippen LogP contribution in [0.2, 0.25) is 0 Å². The van der Waals surface area contributed by atoms with Gasteiger partial charge in [0.25, 0.3) is 0 Å². The number of aromatic nitrogens is 6. The van der Waals surface area contributed by atoms with Gasteiger partial charge in [-0.3, -0.25) is 4.68 Å². The van der Waals surface area contributed by atoms with Crippen molar-refractivity contribution in [2.24, 2.45) is 5.92 Å². The van der Waals surface area contributed by atoms with E-state index in [1.54, 1.807) is 18.5 Å². The van der Waals surface area contributed by atoms with E-state index in [2.05, 4.69) is 32.0 Å². The average molecular weight is 471 g/mol. The van der Waals surface area contributed by atoms with Gasteiger partial charge in [0.15, 0.2) is 17.3 Å². The van der Waals surface area contributed by atoms with Gasteiger partial charge in [0.2, 0.25) is 5.95 Å². The molecule has 0 aliphatic carbocycles. The molecule has 1 aliphatic rings. The van der Waals surface area contributed by atoms with Crippen molar-refractivity contribution < 1.29 is 13.9 Å². The highest BCUT2D eigenvalue weighted by Crippen LogP contribution is 2.34. The van der Waals surface area contributed by atoms with Crippen molar-refractivity contribution in [1.29, 1.82) is 0 Å². The average Bonchev–Trinajstić information content (AvgIpc) is 3.32. The fourth-order valence-corrected chi connectivity index (χ4v) is 4.88. The lowest BCUT2D eigenvalue weighted by Gasteiger charge is -2.36. The van der Waals surface area contributed by atoms with Crippen LogP contribution in [0.1, 0.15) is 44.6 Å². The van der Waals surface area contributed by atoms with E-state index in [0.29, 0.717) is 24.8 Å². The lowest BCUT2D eigenvalue weighted by atomic mass is 9.89. The Kier molecular flexibility index (Phi) is 5.19. The Labute approximate surface area is 195 Å². The van der Waals surface area contributed by atoms with Crippen LogP contribution in [0, 0.1) is 24.5 Å². The Morgan fingerprint density at radius 1 is 1.18 bits per heavy atom. The number of fused-ring (bicyclic) bond motifs is 3. The van der Waals surface area contributed by atoms with Crippen molar-refractivity contribution in [3.63, 3.8) is 0 Å². The fourth-order valence-electron chi connectivity index (χ4n) is 4.88. The standard InChI is InChI=1S/C23H28F2N8O/c1-12-5-14(9-31(8-12)18-10-32(29-13(18)2)11-23(3,4)34)20-28-21-16-6-15(24)7-17(25)19(16)27-22(26)33(21)30-20/h6-7,10,12,14,34H,5,8-9,11H2,1-4H3,(H2,26,27)/t12-,14+/m1/s1. The smallest absolute Gasteiger partial charge is 0.223 e. The molecule has 1 saturated heterocycles. The molecular weight excluding hydrogens is 442 g/mol. The van der Waals surface area contributed by atoms with E-state index < -0.39 is 17.2 Å². The highest BCUT2D eigenvalue weighted by atomic mass is 19.1. The molecule has 3 N–H and O–H groups in total. The van der Waals surface area contributed by atoms with Crippen LogP contribution in [-0.2, 0) is 6.54 Å². The number of nitrogen functional groups attached to an aromatic ring is 1. The molecule has 1 aromatic carbocycles. The second-order valence-corrected chi connectivity index (χ2v) is 10.0. The van der Waals surface area contributed by atoms with E-state index in [9.17, 15) is 13.9 Å². The van der Waals surface area contributed by atoms with Gasteiger partial charge in [0, 0.05) is 31.3 Å². The third-order valence-electron chi connectivity index (χ3n) is 6.17. The van der Waals surface area contributed by atoms with Gasteiger partial charge in [-0.05, 0) is 39.2 Å². The second kappa shape index (κ2) is 7.86. The molecule has 0 amide bonds. The molecule has 1 aliphatic heterocycles. The number of piperidine rings is 1. The third kappa shape index (κ3) is 4.04. The lowest BCUT2D eigenvalue weighted by Crippen LogP contribution is -2.39. The quantitative estimate of drug-likeness (QED) is 0.472. The number of aliphatic hydroxyl groups is 1. The molecule has 0 spiro atoms. The van der Waals surface area contributed by atoms with Crippen molar-refractivity contribution in [2.45, 2.75) is 52.2 Å². The van der Waals surface area contributed by atoms with Crippen molar-refractivity contribution >= 4 is 28.2 Å². The van der Waals surface area contributed by atoms with Gasteiger partial charge in [-0.1, -0.05) is 6.92 Å². The van der Waals surface area contributed by atoms with Crippen LogP contribution in [0.25, 0.3) is 16.6 Å². The largest absolute Gasteiger partial charge is 0.389 e. The number of hydrogen-bond acceptors (Lipinski definition) is 7. The van der Waals surface area contributed by atoms with Gasteiger partial charge in [0.05, 0.1) is 28.9 Å². The Morgan fingerprint density at radius 2 is 1.94 bits per heavy atom. The summed E-state index contributed by atoms with van der Waals surface area (Å²) in [6.07, 6.45) is 2.82. The molecule has 5 rings (SSSR count). The van der Waals surface area contributed by atoms with E-state index in [4.69, 9.17) is 5.73 Å². The Morgan fingerprint density at radius 3 is 2.68 bits per heavy atom. The molecule has 2 atom stereocenters. The van der Waals surface area contributed by atoms with Gasteiger partial charge in [-0.15, -0.1) is 5.10 Å². The lowest BCUT2D eigenvalue weighted by molar-refractivity contribution is 0.0577. The van der Waals surface area contributed by atoms with Gasteiger partial charge < -0.3 is 15.7 Å². The van der Waals surface area contributed by atoms with Crippen molar-refractivity contribution in [1.82, 2.24) is 29.4 Å². The molecule has 180 valence electrons. The first kappa shape index (κ1) is 22.5. The summed E-state index contributed by atoms with van der Waals surface area (Å²) in [5.41, 5.74) is 7.30. The topological polar surface area (TPSA) is 110 Å². The van der Waals surface area contributed by atoms with Crippen molar-refractivity contribution in [3.05, 3.63) is 41.5 Å². The number of halogens is 2. The van der Waals surface area contributed by atoms with Gasteiger partial charge in [-0.2, -0.15) is 9.61 Å². The number of nitrogens with zero attached hydrogens (tertiary/aromatic N) is 7. The van der Waals surface area contributed by atoms with E-state index in [0.717, 1.165) is 30.4 Å². The molecule has 0 bridgehead atoms. The van der Waals surface area contributed by atoms with Crippen LogP contribution < -0.4 is 10.6 Å². The number of anilines is 2. The highest BCUT2D eigenvalue weighted by Gasteiger charge is 2.31. The van der Waals surface area contributed by atoms with Crippen LogP contribution in [0.3, 0.4) is 0 Å². The highest BCUT2D eigenvalue weighted by molar-refractivity contribution is 5.92. The minimum Gasteiger partial charge on any atom is -0.389 e. The minimum atomic E-state index is -0.871. The summed E-state index contributed by atoms with van der Waals surface area (Å²) in [6, 6.07) is 1.98. The van der Waals surface area contributed by atoms with Crippen LogP contribution in [0.4, 0.5) is 20.4 Å². The third-order valence-corrected chi connectivity index (χ3v) is 6.17. The fraction of sp³-hybridized carbons (Fsp3) is 0.478. The summed E-state index contributed by atoms with van der Waals surface area (Å²) in [5, 5.41) is 19.5. The van der Waals surface area contributed by atoms with Crippen molar-refractivity contribution in [3.8, 4) is 0 Å². The van der Waals surface area contributed by atoms with E-state index >= 15 is 0 Å². The Hall–Kier alpha value is -3.34. The summed E-state index contributed by atoms with van der Waals surface area (Å²) in [6.45, 7) is 9.52. The zero-order chi connectivity index (χ0) is 24.4. The predicted molar refractivity (Wildman–Crippen MR) is 125 cm³/mol. The first-order valence-corrected chi connectivity index (χ1v) is 11.3. The molecule has 1 fully saturated rings. The molecule has 11 heteroatoms. The molecule has 3 aromatic heterocycles. The molecule has 9 nitrogen and oxygen atoms in total. The Bertz CT molecular complexity index is 1390. The first-order valence-electron chi connectivity index (χ1n) is 11.3. The normalized spacial score (nSPS) is 19.4. The Balaban J connectivity index is 1.51. The minimum absolute atomic E-state index is 0.00351. The van der Waals surface area contributed by atoms with Crippen LogP contribution in [-0.4, -0.2) is 53.2 Å². The van der Waals surface area contributed by atoms with Gasteiger partial charge in [-0.25, -0.2) is 18.7 Å². The van der Waals surface area contributed by atoms with E-state index in [1.165, 1.54) is 10.6 Å². The maximum Gasteiger partial charge on any atom is 0.223 e. The molecule has 4 heterocycles. The maximum absolute atomic E-state index is 14.3. The summed E-state index contributed by atoms with van der Waals surface area (Å²) >= 11 is 0. The summed E-state index contributed by atoms with van der Waals surface area (Å²) in [7, 11) is 0. The molecule has 0 unspecified atom stereocenters. The van der Waals surface area contributed by atoms with Crippen LogP contribution in [0.5, 0.6) is 0 Å². The SMILES string of the molecule is Cc1nn(CC(C)(C)O)cc1N1C[C@H](C)C[C@H](c2nc3c4cc(F)cc(F)c4nc(N)n3n2)C1. The van der Waals surface area contributed by atoms with Crippen molar-refractivity contribution in [2.75, 3.05) is 23.7 Å². The van der Waals surface area contributed by atoms with E-state index in [1.807, 2.05) is 13.1 Å². The molecule has 0 radical (unpaired) electrons. The van der Waals surface area contributed by atoms with Crippen LogP contribution in [0.15, 0.2) is 18.3 Å². The molecule has 0 saturated carbocycles. The van der Waals surface area contributed by atoms with E-state index in [-0.39, 0.29) is 28.4 Å². The summed E-state index contributed by atoms with van der Waals surface area (Å²) in [4.78, 5) is 11.0. The number of nitrogens with two attached hydrogens (primary N) is 1. The van der Waals surface area contributed by atoms with Crippen LogP contribution >= 0.6 is 0 Å². The maximum atomic E-state index is 14.3. The zero-order valence-electron chi connectivity index (χ0n) is 19.6. The molecular formula is C23H28F2N8O. The first-order chi connectivity index (χ1) is 16.0. The zero-order valence-corrected chi connectivity index (χ0v) is 19.6. The molecule has 34 heavy (non-hydrogen) atoms. The molecule has 4 aromatic rings. The van der Waals surface area contributed by atoms with Gasteiger partial charge >= 0.3 is 0 Å². The number of aryl methyl sites for hydroxylation is 1. The number of hydrogen-bond donors (Lipinski definition) is 2. The predicted octanol–water partition coefficient (Wildman–Crippen LogP) is 3.04. The summed E-state index contributed by atoms with van der Waals surface area (Å²) < 4.78 is 31.4. The summed E-state index contributed by atoms with van der Waals surface area (Å²) in [5.74, 6) is -0.609. The number of benzene rings is 1. The monoisotopic (exact) mass is 470 g/mol. The van der Waals surface area contributed by atoms with Gasteiger partial charge in [0.1, 0.15) is 11.3 Å². The second-order valence-electron chi connectivity index (χ2n) is 10.0. The number of rotatable bonds is 4.